The van der Waals surface area contributed by atoms with Gasteiger partial charge >= 0.3 is 6.16 Å². The number of hydrogen-bond acceptors (Lipinski definition) is 3. The molecule has 3 heteroatoms. The Morgan fingerprint density at radius 3 is 2.53 bits per heavy atom. The van der Waals surface area contributed by atoms with E-state index in [4.69, 9.17) is 9.47 Å². The van der Waals surface area contributed by atoms with Crippen LogP contribution in [0.1, 0.15) is 12.5 Å². The average molecular weight is 206 g/mol. The zero-order valence-electron chi connectivity index (χ0n) is 8.73. The predicted molar refractivity (Wildman–Crippen MR) is 57.4 cm³/mol. The second-order valence-electron chi connectivity index (χ2n) is 3.27. The fourth-order valence-corrected chi connectivity index (χ4v) is 0.940. The number of benzene rings is 1. The number of hydrogen-bond donors (Lipinski definition) is 0. The maximum absolute atomic E-state index is 11.0. The maximum Gasteiger partial charge on any atom is 0.508 e. The maximum atomic E-state index is 11.0. The molecule has 1 aromatic carbocycles. The first-order chi connectivity index (χ1) is 7.18. The van der Waals surface area contributed by atoms with Crippen LogP contribution < -0.4 is 0 Å². The lowest BCUT2D eigenvalue weighted by Crippen LogP contribution is -2.08. The van der Waals surface area contributed by atoms with Crippen molar-refractivity contribution in [2.75, 3.05) is 6.61 Å². The third-order valence-electron chi connectivity index (χ3n) is 1.64. The van der Waals surface area contributed by atoms with Gasteiger partial charge in [-0.25, -0.2) is 4.79 Å². The monoisotopic (exact) mass is 206 g/mol. The minimum atomic E-state index is -0.665. The van der Waals surface area contributed by atoms with Crippen molar-refractivity contribution in [2.24, 2.45) is 0 Å². The summed E-state index contributed by atoms with van der Waals surface area (Å²) >= 11 is 0. The van der Waals surface area contributed by atoms with E-state index in [1.165, 1.54) is 0 Å². The Labute approximate surface area is 89.3 Å². The molecule has 0 N–H and O–H groups in total. The van der Waals surface area contributed by atoms with Crippen molar-refractivity contribution < 1.29 is 14.3 Å². The Hall–Kier alpha value is -1.77. The molecule has 0 aliphatic heterocycles. The standard InChI is InChI=1S/C12H14O3/c1-10(2)8-14-12(13)15-9-11-6-4-3-5-7-11/h3-7H,1,8-9H2,2H3. The Morgan fingerprint density at radius 2 is 1.93 bits per heavy atom. The molecule has 0 aromatic heterocycles. The molecule has 0 saturated carbocycles. The largest absolute Gasteiger partial charge is 0.508 e. The van der Waals surface area contributed by atoms with Crippen LogP contribution in [0, 0.1) is 0 Å². The molecule has 1 aromatic rings. The van der Waals surface area contributed by atoms with Crippen LogP contribution in [0.15, 0.2) is 42.5 Å². The Morgan fingerprint density at radius 1 is 1.27 bits per heavy atom. The van der Waals surface area contributed by atoms with E-state index in [0.29, 0.717) is 0 Å². The number of rotatable bonds is 4. The minimum absolute atomic E-state index is 0.202. The molecule has 0 heterocycles. The summed E-state index contributed by atoms with van der Waals surface area (Å²) in [5.74, 6) is 0. The summed E-state index contributed by atoms with van der Waals surface area (Å²) in [6, 6.07) is 9.44. The lowest BCUT2D eigenvalue weighted by molar-refractivity contribution is 0.0560. The highest BCUT2D eigenvalue weighted by Crippen LogP contribution is 2.02. The summed E-state index contributed by atoms with van der Waals surface area (Å²) in [5.41, 5.74) is 1.72. The molecule has 1 rings (SSSR count). The number of carbonyl (C=O) groups is 1. The van der Waals surface area contributed by atoms with Crippen LogP contribution in [-0.2, 0) is 16.1 Å². The van der Waals surface area contributed by atoms with Gasteiger partial charge < -0.3 is 9.47 Å². The van der Waals surface area contributed by atoms with E-state index in [2.05, 4.69) is 6.58 Å². The van der Waals surface area contributed by atoms with Crippen molar-refractivity contribution in [1.82, 2.24) is 0 Å². The van der Waals surface area contributed by atoms with Crippen molar-refractivity contribution >= 4 is 6.16 Å². The van der Waals surface area contributed by atoms with Crippen molar-refractivity contribution in [2.45, 2.75) is 13.5 Å². The highest BCUT2D eigenvalue weighted by molar-refractivity contribution is 5.60. The molecule has 80 valence electrons. The van der Waals surface area contributed by atoms with Gasteiger partial charge in [0.1, 0.15) is 13.2 Å². The van der Waals surface area contributed by atoms with E-state index >= 15 is 0 Å². The summed E-state index contributed by atoms with van der Waals surface area (Å²) in [4.78, 5) is 11.0. The van der Waals surface area contributed by atoms with E-state index < -0.39 is 6.16 Å². The quantitative estimate of drug-likeness (QED) is 0.561. The molecule has 0 spiro atoms. The molecule has 3 nitrogen and oxygen atoms in total. The second kappa shape index (κ2) is 5.86. The van der Waals surface area contributed by atoms with Crippen molar-refractivity contribution in [3.8, 4) is 0 Å². The van der Waals surface area contributed by atoms with Crippen LogP contribution in [0.4, 0.5) is 4.79 Å². The molecule has 0 fully saturated rings. The zero-order valence-corrected chi connectivity index (χ0v) is 8.73. The van der Waals surface area contributed by atoms with Crippen LogP contribution in [0.3, 0.4) is 0 Å². The molecule has 0 unspecified atom stereocenters. The van der Waals surface area contributed by atoms with E-state index in [1.54, 1.807) is 6.92 Å². The fraction of sp³-hybridized carbons (Fsp3) is 0.250. The highest BCUT2D eigenvalue weighted by atomic mass is 16.7. The Balaban J connectivity index is 2.26. The molecular weight excluding hydrogens is 192 g/mol. The lowest BCUT2D eigenvalue weighted by Gasteiger charge is -2.05. The van der Waals surface area contributed by atoms with Gasteiger partial charge in [-0.05, 0) is 18.1 Å². The van der Waals surface area contributed by atoms with Gasteiger partial charge in [-0.3, -0.25) is 0 Å². The van der Waals surface area contributed by atoms with Crippen molar-refractivity contribution in [1.29, 1.82) is 0 Å². The second-order valence-corrected chi connectivity index (χ2v) is 3.27. The lowest BCUT2D eigenvalue weighted by atomic mass is 10.2. The topological polar surface area (TPSA) is 35.5 Å². The van der Waals surface area contributed by atoms with Crippen LogP contribution in [-0.4, -0.2) is 12.8 Å². The fourth-order valence-electron chi connectivity index (χ4n) is 0.940. The van der Waals surface area contributed by atoms with E-state index in [0.717, 1.165) is 11.1 Å². The van der Waals surface area contributed by atoms with Gasteiger partial charge in [0.25, 0.3) is 0 Å². The van der Waals surface area contributed by atoms with Gasteiger partial charge in [0.05, 0.1) is 0 Å². The van der Waals surface area contributed by atoms with Gasteiger partial charge in [-0.1, -0.05) is 36.9 Å². The van der Waals surface area contributed by atoms with Crippen LogP contribution >= 0.6 is 0 Å². The third-order valence-corrected chi connectivity index (χ3v) is 1.64. The Bertz CT molecular complexity index is 330. The SMILES string of the molecule is C=C(C)COC(=O)OCc1ccccc1. The minimum Gasteiger partial charge on any atom is -0.430 e. The van der Waals surface area contributed by atoms with E-state index in [1.807, 2.05) is 30.3 Å². The number of ether oxygens (including phenoxy) is 2. The predicted octanol–water partition coefficient (Wildman–Crippen LogP) is 2.92. The highest BCUT2D eigenvalue weighted by Gasteiger charge is 2.03. The van der Waals surface area contributed by atoms with E-state index in [9.17, 15) is 4.79 Å². The van der Waals surface area contributed by atoms with Gasteiger partial charge in [0.15, 0.2) is 0 Å². The first-order valence-corrected chi connectivity index (χ1v) is 4.66. The molecule has 0 aliphatic rings. The van der Waals surface area contributed by atoms with Gasteiger partial charge in [-0.15, -0.1) is 0 Å². The molecular formula is C12H14O3. The van der Waals surface area contributed by atoms with Crippen LogP contribution in [0.2, 0.25) is 0 Å². The van der Waals surface area contributed by atoms with Crippen molar-refractivity contribution in [3.63, 3.8) is 0 Å². The first kappa shape index (κ1) is 11.3. The average Bonchev–Trinajstić information content (AvgIpc) is 2.25. The summed E-state index contributed by atoms with van der Waals surface area (Å²) in [5, 5.41) is 0. The molecule has 0 atom stereocenters. The summed E-state index contributed by atoms with van der Waals surface area (Å²) in [7, 11) is 0. The van der Waals surface area contributed by atoms with Gasteiger partial charge in [0, 0.05) is 0 Å². The van der Waals surface area contributed by atoms with Crippen molar-refractivity contribution in [3.05, 3.63) is 48.0 Å². The summed E-state index contributed by atoms with van der Waals surface area (Å²) < 4.78 is 9.64. The molecule has 0 saturated heterocycles. The molecule has 0 bridgehead atoms. The van der Waals surface area contributed by atoms with Gasteiger partial charge in [-0.2, -0.15) is 0 Å². The zero-order chi connectivity index (χ0) is 11.1. The summed E-state index contributed by atoms with van der Waals surface area (Å²) in [6.45, 7) is 5.83. The normalized spacial score (nSPS) is 9.40. The van der Waals surface area contributed by atoms with E-state index in [-0.39, 0.29) is 13.2 Å². The molecule has 15 heavy (non-hydrogen) atoms. The number of carbonyl (C=O) groups excluding carboxylic acids is 1. The summed E-state index contributed by atoms with van der Waals surface area (Å²) in [6.07, 6.45) is -0.665. The smallest absolute Gasteiger partial charge is 0.430 e. The molecule has 0 aliphatic carbocycles. The van der Waals surface area contributed by atoms with Crippen LogP contribution in [0.25, 0.3) is 0 Å². The Kier molecular flexibility index (Phi) is 4.41. The van der Waals surface area contributed by atoms with Gasteiger partial charge in [0.2, 0.25) is 0 Å². The third kappa shape index (κ3) is 4.86. The first-order valence-electron chi connectivity index (χ1n) is 4.66. The molecule has 0 amide bonds. The van der Waals surface area contributed by atoms with Crippen LogP contribution in [0.5, 0.6) is 0 Å². The molecule has 0 radical (unpaired) electrons.